The van der Waals surface area contributed by atoms with Crippen molar-refractivity contribution in [1.82, 2.24) is 0 Å². The molecule has 120 valence electrons. The van der Waals surface area contributed by atoms with Crippen molar-refractivity contribution in [3.05, 3.63) is 35.1 Å². The number of hydrogen-bond acceptors (Lipinski definition) is 3. The van der Waals surface area contributed by atoms with Crippen LogP contribution in [0, 0.1) is 5.82 Å². The highest BCUT2D eigenvalue weighted by molar-refractivity contribution is 5.85. The van der Waals surface area contributed by atoms with E-state index >= 15 is 0 Å². The van der Waals surface area contributed by atoms with E-state index in [-0.39, 0.29) is 19.0 Å². The monoisotopic (exact) mass is 333 g/mol. The Labute approximate surface area is 123 Å². The number of ether oxygens (including phenoxy) is 1. The lowest BCUT2D eigenvalue weighted by Gasteiger charge is -2.18. The summed E-state index contributed by atoms with van der Waals surface area (Å²) in [7, 11) is 0. The SMILES string of the molecule is CCOC(=O)C(F)[C@H](N)c1cc(C(F)(F)F)ccc1F.Cl. The first-order chi connectivity index (χ1) is 9.18. The van der Waals surface area contributed by atoms with Gasteiger partial charge in [0.05, 0.1) is 18.2 Å². The second-order valence-corrected chi connectivity index (χ2v) is 3.91. The van der Waals surface area contributed by atoms with Gasteiger partial charge in [-0.05, 0) is 25.1 Å². The smallest absolute Gasteiger partial charge is 0.416 e. The summed E-state index contributed by atoms with van der Waals surface area (Å²) in [6, 6.07) is -0.471. The number of esters is 1. The molecule has 2 atom stereocenters. The first kappa shape index (κ1) is 19.6. The molecule has 0 spiro atoms. The normalized spacial score (nSPS) is 14.0. The van der Waals surface area contributed by atoms with E-state index in [0.29, 0.717) is 18.2 Å². The molecule has 2 N–H and O–H groups in total. The van der Waals surface area contributed by atoms with Crippen LogP contribution in [0.25, 0.3) is 0 Å². The Kier molecular flexibility index (Phi) is 7.05. The Balaban J connectivity index is 0.00000400. The largest absolute Gasteiger partial charge is 0.464 e. The summed E-state index contributed by atoms with van der Waals surface area (Å²) < 4.78 is 68.9. The standard InChI is InChI=1S/C12H12F5NO2.ClH/c1-2-20-11(19)9(14)10(18)7-5-6(12(15,16)17)3-4-8(7)13;/h3-5,9-10H,2,18H2,1H3;1H/t9?,10-;/m1./s1. The quantitative estimate of drug-likeness (QED) is 0.680. The lowest BCUT2D eigenvalue weighted by molar-refractivity contribution is -0.149. The maximum atomic E-state index is 13.6. The van der Waals surface area contributed by atoms with Gasteiger partial charge in [0.25, 0.3) is 0 Å². The minimum absolute atomic E-state index is 0. The first-order valence-corrected chi connectivity index (χ1v) is 5.61. The van der Waals surface area contributed by atoms with Gasteiger partial charge >= 0.3 is 12.1 Å². The molecule has 0 saturated heterocycles. The van der Waals surface area contributed by atoms with Gasteiger partial charge in [0, 0.05) is 5.56 Å². The van der Waals surface area contributed by atoms with Crippen molar-refractivity contribution in [2.24, 2.45) is 5.73 Å². The molecule has 1 aromatic carbocycles. The number of carbonyl (C=O) groups excluding carboxylic acids is 1. The number of rotatable bonds is 4. The predicted octanol–water partition coefficient (Wildman–Crippen LogP) is 3.17. The molecule has 0 heterocycles. The van der Waals surface area contributed by atoms with Crippen LogP contribution in [0.5, 0.6) is 0 Å². The molecule has 0 bridgehead atoms. The van der Waals surface area contributed by atoms with Crippen LogP contribution < -0.4 is 5.73 Å². The summed E-state index contributed by atoms with van der Waals surface area (Å²) in [6.07, 6.45) is -7.18. The summed E-state index contributed by atoms with van der Waals surface area (Å²) in [6.45, 7) is 1.29. The van der Waals surface area contributed by atoms with Gasteiger partial charge in [-0.3, -0.25) is 0 Å². The van der Waals surface area contributed by atoms with Crippen molar-refractivity contribution in [3.63, 3.8) is 0 Å². The van der Waals surface area contributed by atoms with Gasteiger partial charge in [-0.2, -0.15) is 13.2 Å². The lowest BCUT2D eigenvalue weighted by Crippen LogP contribution is -2.32. The van der Waals surface area contributed by atoms with E-state index in [1.54, 1.807) is 0 Å². The molecule has 0 aliphatic carbocycles. The zero-order chi connectivity index (χ0) is 15.5. The molecule has 3 nitrogen and oxygen atoms in total. The number of carbonyl (C=O) groups is 1. The highest BCUT2D eigenvalue weighted by atomic mass is 35.5. The second kappa shape index (κ2) is 7.56. The summed E-state index contributed by atoms with van der Waals surface area (Å²) in [5.74, 6) is -2.48. The molecule has 0 aromatic heterocycles. The van der Waals surface area contributed by atoms with E-state index in [1.165, 1.54) is 6.92 Å². The van der Waals surface area contributed by atoms with E-state index in [9.17, 15) is 26.7 Å². The Morgan fingerprint density at radius 1 is 1.38 bits per heavy atom. The third-order valence-corrected chi connectivity index (χ3v) is 2.51. The fraction of sp³-hybridized carbons (Fsp3) is 0.417. The van der Waals surface area contributed by atoms with Crippen LogP contribution in [0.1, 0.15) is 24.1 Å². The minimum Gasteiger partial charge on any atom is -0.464 e. The van der Waals surface area contributed by atoms with Gasteiger partial charge in [0.2, 0.25) is 6.17 Å². The third kappa shape index (κ3) is 4.82. The van der Waals surface area contributed by atoms with Crippen LogP contribution in [0.15, 0.2) is 18.2 Å². The highest BCUT2D eigenvalue weighted by Crippen LogP contribution is 2.32. The van der Waals surface area contributed by atoms with E-state index in [2.05, 4.69) is 4.74 Å². The van der Waals surface area contributed by atoms with Gasteiger partial charge in [-0.25, -0.2) is 13.6 Å². The Hall–Kier alpha value is -1.41. The summed E-state index contributed by atoms with van der Waals surface area (Å²) in [4.78, 5) is 11.1. The predicted molar refractivity (Wildman–Crippen MR) is 67.1 cm³/mol. The van der Waals surface area contributed by atoms with E-state index in [0.717, 1.165) is 0 Å². The molecule has 0 saturated carbocycles. The van der Waals surface area contributed by atoms with Crippen molar-refractivity contribution in [3.8, 4) is 0 Å². The first-order valence-electron chi connectivity index (χ1n) is 5.61. The summed E-state index contributed by atoms with van der Waals surface area (Å²) in [5, 5.41) is 0. The number of benzene rings is 1. The maximum Gasteiger partial charge on any atom is 0.416 e. The molecule has 9 heteroatoms. The Morgan fingerprint density at radius 3 is 2.43 bits per heavy atom. The minimum atomic E-state index is -4.72. The van der Waals surface area contributed by atoms with Crippen molar-refractivity contribution in [2.45, 2.75) is 25.3 Å². The molecule has 0 radical (unpaired) electrons. The van der Waals surface area contributed by atoms with Crippen LogP contribution in [-0.2, 0) is 15.7 Å². The van der Waals surface area contributed by atoms with Crippen molar-refractivity contribution >= 4 is 18.4 Å². The van der Waals surface area contributed by atoms with Gasteiger partial charge in [-0.15, -0.1) is 12.4 Å². The summed E-state index contributed by atoms with van der Waals surface area (Å²) in [5.41, 5.74) is 3.38. The van der Waals surface area contributed by atoms with Crippen molar-refractivity contribution < 1.29 is 31.5 Å². The molecular formula is C12H13ClF5NO2. The van der Waals surface area contributed by atoms with Crippen LogP contribution in [0.4, 0.5) is 22.0 Å². The fourth-order valence-electron chi connectivity index (χ4n) is 1.50. The van der Waals surface area contributed by atoms with Gasteiger partial charge < -0.3 is 10.5 Å². The molecule has 0 fully saturated rings. The van der Waals surface area contributed by atoms with Crippen molar-refractivity contribution in [1.29, 1.82) is 0 Å². The van der Waals surface area contributed by atoms with Gasteiger partial charge in [0.1, 0.15) is 5.82 Å². The lowest BCUT2D eigenvalue weighted by atomic mass is 10.00. The number of alkyl halides is 4. The molecule has 0 aliphatic rings. The van der Waals surface area contributed by atoms with Crippen LogP contribution in [0.2, 0.25) is 0 Å². The summed E-state index contributed by atoms with van der Waals surface area (Å²) >= 11 is 0. The highest BCUT2D eigenvalue weighted by Gasteiger charge is 2.34. The van der Waals surface area contributed by atoms with Gasteiger partial charge in [-0.1, -0.05) is 0 Å². The van der Waals surface area contributed by atoms with E-state index in [4.69, 9.17) is 5.73 Å². The molecule has 0 aliphatic heterocycles. The van der Waals surface area contributed by atoms with Crippen molar-refractivity contribution in [2.75, 3.05) is 6.61 Å². The van der Waals surface area contributed by atoms with E-state index in [1.807, 2.05) is 0 Å². The number of nitrogens with two attached hydrogens (primary N) is 1. The molecule has 1 aromatic rings. The molecule has 1 unspecified atom stereocenters. The van der Waals surface area contributed by atoms with E-state index < -0.39 is 41.3 Å². The second-order valence-electron chi connectivity index (χ2n) is 3.91. The average molecular weight is 334 g/mol. The third-order valence-electron chi connectivity index (χ3n) is 2.51. The topological polar surface area (TPSA) is 52.3 Å². The van der Waals surface area contributed by atoms with Crippen LogP contribution in [0.3, 0.4) is 0 Å². The maximum absolute atomic E-state index is 13.6. The molecule has 1 rings (SSSR count). The molecule has 21 heavy (non-hydrogen) atoms. The number of halogens is 6. The fourth-order valence-corrected chi connectivity index (χ4v) is 1.50. The Morgan fingerprint density at radius 2 is 1.95 bits per heavy atom. The Bertz CT molecular complexity index is 495. The van der Waals surface area contributed by atoms with Crippen LogP contribution in [-0.4, -0.2) is 18.7 Å². The van der Waals surface area contributed by atoms with Crippen LogP contribution >= 0.6 is 12.4 Å². The molecule has 0 amide bonds. The van der Waals surface area contributed by atoms with Gasteiger partial charge in [0.15, 0.2) is 0 Å². The number of hydrogen-bond donors (Lipinski definition) is 1. The zero-order valence-corrected chi connectivity index (χ0v) is 11.6. The average Bonchev–Trinajstić information content (AvgIpc) is 2.36. The zero-order valence-electron chi connectivity index (χ0n) is 10.8. The molecular weight excluding hydrogens is 321 g/mol.